The summed E-state index contributed by atoms with van der Waals surface area (Å²) < 4.78 is 0. The van der Waals surface area contributed by atoms with Crippen LogP contribution in [0.4, 0.5) is 0 Å². The summed E-state index contributed by atoms with van der Waals surface area (Å²) >= 11 is 0. The second-order valence-corrected chi connectivity index (χ2v) is 5.35. The van der Waals surface area contributed by atoms with Gasteiger partial charge in [0.2, 0.25) is 0 Å². The van der Waals surface area contributed by atoms with Crippen molar-refractivity contribution in [1.82, 2.24) is 0 Å². The minimum atomic E-state index is -0.656. The van der Waals surface area contributed by atoms with Crippen molar-refractivity contribution in [3.05, 3.63) is 11.6 Å². The summed E-state index contributed by atoms with van der Waals surface area (Å²) in [6.07, 6.45) is 7.43. The van der Waals surface area contributed by atoms with Crippen molar-refractivity contribution in [3.8, 4) is 0 Å². The molecule has 0 spiro atoms. The standard InChI is InChI=1S/C14H24O2/c1-4-13(14(15)16)12-7-5-11(6-8-12)9-10(2)3/h7,10-11,13H,4-6,8-9H2,1-3H3,(H,15,16)/t11-,13-/m0/s1. The van der Waals surface area contributed by atoms with Gasteiger partial charge >= 0.3 is 5.97 Å². The van der Waals surface area contributed by atoms with E-state index >= 15 is 0 Å². The minimum absolute atomic E-state index is 0.236. The van der Waals surface area contributed by atoms with E-state index < -0.39 is 5.97 Å². The maximum Gasteiger partial charge on any atom is 0.310 e. The first-order chi connectivity index (χ1) is 7.54. The van der Waals surface area contributed by atoms with Gasteiger partial charge in [-0.2, -0.15) is 0 Å². The molecule has 0 aromatic carbocycles. The molecule has 16 heavy (non-hydrogen) atoms. The van der Waals surface area contributed by atoms with Gasteiger partial charge in [-0.1, -0.05) is 32.4 Å². The zero-order chi connectivity index (χ0) is 12.1. The third-order valence-electron chi connectivity index (χ3n) is 3.51. The van der Waals surface area contributed by atoms with Crippen molar-refractivity contribution >= 4 is 5.97 Å². The lowest BCUT2D eigenvalue weighted by atomic mass is 9.80. The summed E-state index contributed by atoms with van der Waals surface area (Å²) in [6.45, 7) is 6.47. The van der Waals surface area contributed by atoms with Crippen LogP contribution in [0.3, 0.4) is 0 Å². The van der Waals surface area contributed by atoms with E-state index in [2.05, 4.69) is 19.9 Å². The van der Waals surface area contributed by atoms with Crippen LogP contribution in [0.25, 0.3) is 0 Å². The van der Waals surface area contributed by atoms with Gasteiger partial charge in [0.25, 0.3) is 0 Å². The zero-order valence-corrected chi connectivity index (χ0v) is 10.7. The first-order valence-corrected chi connectivity index (χ1v) is 6.46. The summed E-state index contributed by atoms with van der Waals surface area (Å²) in [6, 6.07) is 0. The lowest BCUT2D eigenvalue weighted by Gasteiger charge is -2.25. The summed E-state index contributed by atoms with van der Waals surface area (Å²) in [5, 5.41) is 9.10. The molecule has 0 unspecified atom stereocenters. The van der Waals surface area contributed by atoms with Crippen molar-refractivity contribution in [3.63, 3.8) is 0 Å². The number of hydrogen-bond donors (Lipinski definition) is 1. The fraction of sp³-hybridized carbons (Fsp3) is 0.786. The van der Waals surface area contributed by atoms with E-state index in [1.165, 1.54) is 12.8 Å². The molecule has 1 aliphatic rings. The molecule has 0 saturated heterocycles. The molecule has 1 aliphatic carbocycles. The number of carbonyl (C=O) groups is 1. The number of rotatable bonds is 5. The molecule has 0 heterocycles. The van der Waals surface area contributed by atoms with Crippen LogP contribution in [-0.2, 0) is 4.79 Å². The topological polar surface area (TPSA) is 37.3 Å². The smallest absolute Gasteiger partial charge is 0.310 e. The molecule has 0 aromatic rings. The average Bonchev–Trinajstić information content (AvgIpc) is 2.20. The largest absolute Gasteiger partial charge is 0.481 e. The molecule has 0 aromatic heterocycles. The molecule has 2 nitrogen and oxygen atoms in total. The average molecular weight is 224 g/mol. The lowest BCUT2D eigenvalue weighted by molar-refractivity contribution is -0.140. The Morgan fingerprint density at radius 1 is 1.56 bits per heavy atom. The number of aliphatic carboxylic acids is 1. The van der Waals surface area contributed by atoms with Crippen LogP contribution < -0.4 is 0 Å². The first kappa shape index (κ1) is 13.3. The third kappa shape index (κ3) is 3.66. The molecule has 0 fully saturated rings. The van der Waals surface area contributed by atoms with Gasteiger partial charge in [0, 0.05) is 0 Å². The van der Waals surface area contributed by atoms with Crippen molar-refractivity contribution in [1.29, 1.82) is 0 Å². The number of carboxylic acids is 1. The maximum atomic E-state index is 11.0. The van der Waals surface area contributed by atoms with Gasteiger partial charge in [0.05, 0.1) is 5.92 Å². The van der Waals surface area contributed by atoms with Crippen LogP contribution in [0.5, 0.6) is 0 Å². The van der Waals surface area contributed by atoms with E-state index in [4.69, 9.17) is 5.11 Å². The van der Waals surface area contributed by atoms with Gasteiger partial charge in [-0.05, 0) is 43.9 Å². The highest BCUT2D eigenvalue weighted by Crippen LogP contribution is 2.32. The van der Waals surface area contributed by atoms with Crippen LogP contribution >= 0.6 is 0 Å². The molecule has 1 rings (SSSR count). The second-order valence-electron chi connectivity index (χ2n) is 5.35. The van der Waals surface area contributed by atoms with Gasteiger partial charge < -0.3 is 5.11 Å². The molecule has 92 valence electrons. The second kappa shape index (κ2) is 6.07. The highest BCUT2D eigenvalue weighted by molar-refractivity contribution is 5.73. The summed E-state index contributed by atoms with van der Waals surface area (Å²) in [5.74, 6) is 0.632. The van der Waals surface area contributed by atoms with E-state index in [1.54, 1.807) is 0 Å². The van der Waals surface area contributed by atoms with Crippen molar-refractivity contribution in [2.24, 2.45) is 17.8 Å². The molecule has 0 aliphatic heterocycles. The van der Waals surface area contributed by atoms with E-state index in [1.807, 2.05) is 6.92 Å². The molecular formula is C14H24O2. The Hall–Kier alpha value is -0.790. The Kier molecular flexibility index (Phi) is 5.04. The Morgan fingerprint density at radius 3 is 2.62 bits per heavy atom. The highest BCUT2D eigenvalue weighted by Gasteiger charge is 2.24. The van der Waals surface area contributed by atoms with Crippen molar-refractivity contribution < 1.29 is 9.90 Å². The van der Waals surface area contributed by atoms with E-state index in [-0.39, 0.29) is 5.92 Å². The number of allylic oxidation sites excluding steroid dienone is 1. The van der Waals surface area contributed by atoms with Gasteiger partial charge in [-0.3, -0.25) is 4.79 Å². The summed E-state index contributed by atoms with van der Waals surface area (Å²) in [4.78, 5) is 11.0. The Bertz CT molecular complexity index is 266. The Labute approximate surface area is 98.7 Å². The normalized spacial score (nSPS) is 23.0. The Balaban J connectivity index is 2.54. The molecule has 0 saturated carbocycles. The SMILES string of the molecule is CC[C@H](C(=O)O)C1=CC[C@H](CC(C)C)CC1. The predicted molar refractivity (Wildman–Crippen MR) is 66.3 cm³/mol. The summed E-state index contributed by atoms with van der Waals surface area (Å²) in [7, 11) is 0. The lowest BCUT2D eigenvalue weighted by Crippen LogP contribution is -2.19. The molecule has 0 amide bonds. The van der Waals surface area contributed by atoms with E-state index in [0.29, 0.717) is 0 Å². The molecule has 2 heteroatoms. The molecule has 0 radical (unpaired) electrons. The van der Waals surface area contributed by atoms with Crippen LogP contribution in [0.15, 0.2) is 11.6 Å². The zero-order valence-electron chi connectivity index (χ0n) is 10.7. The molecule has 1 N–H and O–H groups in total. The van der Waals surface area contributed by atoms with Crippen molar-refractivity contribution in [2.75, 3.05) is 0 Å². The van der Waals surface area contributed by atoms with Gasteiger partial charge in [-0.15, -0.1) is 0 Å². The fourth-order valence-corrected chi connectivity index (χ4v) is 2.70. The predicted octanol–water partition coefficient (Wildman–Crippen LogP) is 3.87. The van der Waals surface area contributed by atoms with Crippen LogP contribution in [-0.4, -0.2) is 11.1 Å². The highest BCUT2D eigenvalue weighted by atomic mass is 16.4. The fourth-order valence-electron chi connectivity index (χ4n) is 2.70. The van der Waals surface area contributed by atoms with Gasteiger partial charge in [-0.25, -0.2) is 0 Å². The van der Waals surface area contributed by atoms with Gasteiger partial charge in [0.1, 0.15) is 0 Å². The van der Waals surface area contributed by atoms with Crippen molar-refractivity contribution in [2.45, 2.75) is 52.9 Å². The molecule has 2 atom stereocenters. The maximum absolute atomic E-state index is 11.0. The Morgan fingerprint density at radius 2 is 2.25 bits per heavy atom. The van der Waals surface area contributed by atoms with E-state index in [0.717, 1.165) is 36.7 Å². The molecular weight excluding hydrogens is 200 g/mol. The quantitative estimate of drug-likeness (QED) is 0.720. The molecule has 0 bridgehead atoms. The van der Waals surface area contributed by atoms with Crippen LogP contribution in [0, 0.1) is 17.8 Å². The van der Waals surface area contributed by atoms with Crippen LogP contribution in [0.1, 0.15) is 52.9 Å². The number of hydrogen-bond acceptors (Lipinski definition) is 1. The first-order valence-electron chi connectivity index (χ1n) is 6.46. The third-order valence-corrected chi connectivity index (χ3v) is 3.51. The van der Waals surface area contributed by atoms with Gasteiger partial charge in [0.15, 0.2) is 0 Å². The monoisotopic (exact) mass is 224 g/mol. The summed E-state index contributed by atoms with van der Waals surface area (Å²) in [5.41, 5.74) is 1.16. The minimum Gasteiger partial charge on any atom is -0.481 e. The van der Waals surface area contributed by atoms with Crippen LogP contribution in [0.2, 0.25) is 0 Å². The number of carboxylic acid groups (broad SMARTS) is 1. The van der Waals surface area contributed by atoms with E-state index in [9.17, 15) is 4.79 Å².